The Morgan fingerprint density at radius 1 is 1.60 bits per heavy atom. The van der Waals surface area contributed by atoms with Crippen molar-refractivity contribution in [1.29, 1.82) is 0 Å². The average Bonchev–Trinajstić information content (AvgIpc) is 2.16. The zero-order valence-electron chi connectivity index (χ0n) is 7.25. The molecule has 0 unspecified atom stereocenters. The van der Waals surface area contributed by atoms with Crippen LogP contribution >= 0.6 is 11.6 Å². The second-order valence-electron chi connectivity index (χ2n) is 2.63. The first-order valence-electron chi connectivity index (χ1n) is 3.77. The second-order valence-corrected chi connectivity index (χ2v) is 2.90. The number of carbonyl (C=O) groups is 1. The zero-order valence-corrected chi connectivity index (χ0v) is 8.00. The number of halogens is 3. The number of rotatable bonds is 3. The van der Waals surface area contributed by atoms with Crippen LogP contribution in [0, 0.1) is 0 Å². The van der Waals surface area contributed by atoms with Gasteiger partial charge in [0, 0.05) is 5.56 Å². The predicted octanol–water partition coefficient (Wildman–Crippen LogP) is 2.16. The molecule has 0 bridgehead atoms. The van der Waals surface area contributed by atoms with Gasteiger partial charge in [-0.1, -0.05) is 0 Å². The fraction of sp³-hybridized carbons (Fsp3) is 0.250. The number of carboxylic acids is 1. The SMILES string of the molecule is O=C(O)c1nc(CCl)c(C(F)F)cc1O. The van der Waals surface area contributed by atoms with Gasteiger partial charge in [-0.05, 0) is 6.07 Å². The number of nitrogens with zero attached hydrogens (tertiary/aromatic N) is 1. The number of aromatic nitrogens is 1. The van der Waals surface area contributed by atoms with Gasteiger partial charge in [0.25, 0.3) is 6.43 Å². The van der Waals surface area contributed by atoms with Gasteiger partial charge in [0.1, 0.15) is 5.75 Å². The lowest BCUT2D eigenvalue weighted by molar-refractivity contribution is 0.0685. The molecule has 1 rings (SSSR count). The number of hydrogen-bond acceptors (Lipinski definition) is 3. The Balaban J connectivity index is 3.35. The lowest BCUT2D eigenvalue weighted by Gasteiger charge is -2.07. The third-order valence-electron chi connectivity index (χ3n) is 1.68. The van der Waals surface area contributed by atoms with Gasteiger partial charge in [0.2, 0.25) is 0 Å². The third kappa shape index (κ3) is 2.33. The molecule has 0 aliphatic carbocycles. The number of aromatic carboxylic acids is 1. The summed E-state index contributed by atoms with van der Waals surface area (Å²) in [6.45, 7) is 0. The average molecular weight is 238 g/mol. The van der Waals surface area contributed by atoms with Gasteiger partial charge in [0.15, 0.2) is 5.69 Å². The number of hydrogen-bond donors (Lipinski definition) is 2. The Labute approximate surface area is 88.1 Å². The molecule has 0 saturated carbocycles. The van der Waals surface area contributed by atoms with Crippen LogP contribution < -0.4 is 0 Å². The van der Waals surface area contributed by atoms with Crippen molar-refractivity contribution in [2.75, 3.05) is 0 Å². The van der Waals surface area contributed by atoms with E-state index in [2.05, 4.69) is 4.98 Å². The van der Waals surface area contributed by atoms with E-state index in [1.807, 2.05) is 0 Å². The quantitative estimate of drug-likeness (QED) is 0.791. The molecule has 0 saturated heterocycles. The van der Waals surface area contributed by atoms with E-state index in [1.54, 1.807) is 0 Å². The van der Waals surface area contributed by atoms with Gasteiger partial charge in [-0.15, -0.1) is 11.6 Å². The lowest BCUT2D eigenvalue weighted by Crippen LogP contribution is -2.06. The summed E-state index contributed by atoms with van der Waals surface area (Å²) in [6.07, 6.45) is -2.86. The van der Waals surface area contributed by atoms with Crippen molar-refractivity contribution in [2.45, 2.75) is 12.3 Å². The third-order valence-corrected chi connectivity index (χ3v) is 1.93. The lowest BCUT2D eigenvalue weighted by atomic mass is 10.1. The summed E-state index contributed by atoms with van der Waals surface area (Å²) < 4.78 is 24.7. The van der Waals surface area contributed by atoms with Crippen LogP contribution in [-0.2, 0) is 5.88 Å². The minimum absolute atomic E-state index is 0.248. The van der Waals surface area contributed by atoms with Crippen LogP contribution in [0.4, 0.5) is 8.78 Å². The van der Waals surface area contributed by atoms with E-state index in [0.717, 1.165) is 0 Å². The molecule has 0 amide bonds. The van der Waals surface area contributed by atoms with Gasteiger partial charge in [-0.25, -0.2) is 18.6 Å². The Morgan fingerprint density at radius 2 is 2.20 bits per heavy atom. The molecule has 0 aliphatic rings. The van der Waals surface area contributed by atoms with E-state index in [4.69, 9.17) is 21.8 Å². The highest BCUT2D eigenvalue weighted by Crippen LogP contribution is 2.28. The molecule has 15 heavy (non-hydrogen) atoms. The van der Waals surface area contributed by atoms with Crippen molar-refractivity contribution in [3.05, 3.63) is 23.0 Å². The molecular formula is C8H6ClF2NO3. The van der Waals surface area contributed by atoms with Gasteiger partial charge in [-0.3, -0.25) is 0 Å². The van der Waals surface area contributed by atoms with E-state index in [0.29, 0.717) is 6.07 Å². The van der Waals surface area contributed by atoms with Gasteiger partial charge >= 0.3 is 5.97 Å². The molecule has 1 heterocycles. The van der Waals surface area contributed by atoms with Crippen LogP contribution in [0.1, 0.15) is 28.2 Å². The summed E-state index contributed by atoms with van der Waals surface area (Å²) in [5, 5.41) is 17.7. The van der Waals surface area contributed by atoms with E-state index in [1.165, 1.54) is 0 Å². The van der Waals surface area contributed by atoms with E-state index in [-0.39, 0.29) is 11.6 Å². The molecule has 0 atom stereocenters. The number of alkyl halides is 3. The van der Waals surface area contributed by atoms with Crippen molar-refractivity contribution >= 4 is 17.6 Å². The number of carboxylic acid groups (broad SMARTS) is 1. The minimum atomic E-state index is -2.86. The van der Waals surface area contributed by atoms with E-state index in [9.17, 15) is 13.6 Å². The van der Waals surface area contributed by atoms with Gasteiger partial charge < -0.3 is 10.2 Å². The maximum Gasteiger partial charge on any atom is 0.358 e. The predicted molar refractivity (Wildman–Crippen MR) is 47.4 cm³/mol. The molecule has 4 nitrogen and oxygen atoms in total. The minimum Gasteiger partial charge on any atom is -0.505 e. The smallest absolute Gasteiger partial charge is 0.358 e. The summed E-state index contributed by atoms with van der Waals surface area (Å²) >= 11 is 5.33. The molecule has 2 N–H and O–H groups in total. The summed E-state index contributed by atoms with van der Waals surface area (Å²) in [5.74, 6) is -2.65. The van der Waals surface area contributed by atoms with Crippen molar-refractivity contribution < 1.29 is 23.8 Å². The molecule has 7 heteroatoms. The summed E-state index contributed by atoms with van der Waals surface area (Å²) in [6, 6.07) is 0.666. The Bertz CT molecular complexity index is 398. The Morgan fingerprint density at radius 3 is 2.60 bits per heavy atom. The monoisotopic (exact) mass is 237 g/mol. The van der Waals surface area contributed by atoms with Crippen molar-refractivity contribution in [3.63, 3.8) is 0 Å². The van der Waals surface area contributed by atoms with Crippen LogP contribution in [0.5, 0.6) is 5.75 Å². The van der Waals surface area contributed by atoms with Crippen molar-refractivity contribution in [2.24, 2.45) is 0 Å². The first-order valence-corrected chi connectivity index (χ1v) is 4.31. The second kappa shape index (κ2) is 4.39. The first-order chi connectivity index (χ1) is 6.97. The fourth-order valence-electron chi connectivity index (χ4n) is 1.01. The molecule has 82 valence electrons. The Hall–Kier alpha value is -1.43. The number of aromatic hydroxyl groups is 1. The highest BCUT2D eigenvalue weighted by molar-refractivity contribution is 6.17. The topological polar surface area (TPSA) is 70.4 Å². The molecular weight excluding hydrogens is 232 g/mol. The van der Waals surface area contributed by atoms with E-state index >= 15 is 0 Å². The largest absolute Gasteiger partial charge is 0.505 e. The highest BCUT2D eigenvalue weighted by Gasteiger charge is 2.20. The normalized spacial score (nSPS) is 10.7. The van der Waals surface area contributed by atoms with E-state index < -0.39 is 29.4 Å². The molecule has 1 aromatic heterocycles. The fourth-order valence-corrected chi connectivity index (χ4v) is 1.22. The van der Waals surface area contributed by atoms with Gasteiger partial charge in [0.05, 0.1) is 11.6 Å². The van der Waals surface area contributed by atoms with Crippen molar-refractivity contribution in [1.82, 2.24) is 4.98 Å². The van der Waals surface area contributed by atoms with Crippen LogP contribution in [0.2, 0.25) is 0 Å². The zero-order chi connectivity index (χ0) is 11.6. The highest BCUT2D eigenvalue weighted by atomic mass is 35.5. The maximum absolute atomic E-state index is 12.4. The van der Waals surface area contributed by atoms with Gasteiger partial charge in [-0.2, -0.15) is 0 Å². The van der Waals surface area contributed by atoms with Crippen LogP contribution in [-0.4, -0.2) is 21.2 Å². The molecule has 0 fully saturated rings. The summed E-state index contributed by atoms with van der Waals surface area (Å²) in [7, 11) is 0. The van der Waals surface area contributed by atoms with Crippen LogP contribution in [0.3, 0.4) is 0 Å². The molecule has 1 aromatic rings. The molecule has 0 spiro atoms. The standard InChI is InChI=1S/C8H6ClF2NO3/c9-2-4-3(7(10)11)1-5(13)6(12-4)8(14)15/h1,7,13H,2H2,(H,14,15). The summed E-state index contributed by atoms with van der Waals surface area (Å²) in [5.41, 5.74) is -1.50. The van der Waals surface area contributed by atoms with Crippen LogP contribution in [0.15, 0.2) is 6.07 Å². The molecule has 0 aliphatic heterocycles. The van der Waals surface area contributed by atoms with Crippen molar-refractivity contribution in [3.8, 4) is 5.75 Å². The number of pyridine rings is 1. The Kier molecular flexibility index (Phi) is 3.41. The molecule has 0 aromatic carbocycles. The maximum atomic E-state index is 12.4. The van der Waals surface area contributed by atoms with Crippen LogP contribution in [0.25, 0.3) is 0 Å². The summed E-state index contributed by atoms with van der Waals surface area (Å²) in [4.78, 5) is 13.9. The first kappa shape index (κ1) is 11.6. The molecule has 0 radical (unpaired) electrons.